The molecule has 0 bridgehead atoms. The highest BCUT2D eigenvalue weighted by atomic mass is 16.5. The molecule has 1 aromatic heterocycles. The summed E-state index contributed by atoms with van der Waals surface area (Å²) >= 11 is 0. The third-order valence-electron chi connectivity index (χ3n) is 2.92. The number of nitrogens with one attached hydrogen (secondary N) is 1. The number of aryl methyl sites for hydroxylation is 1. The van der Waals surface area contributed by atoms with Gasteiger partial charge in [-0.15, -0.1) is 0 Å². The van der Waals surface area contributed by atoms with Gasteiger partial charge in [0, 0.05) is 5.39 Å². The van der Waals surface area contributed by atoms with Crippen LogP contribution in [0.15, 0.2) is 48.5 Å². The van der Waals surface area contributed by atoms with Gasteiger partial charge in [-0.1, -0.05) is 29.8 Å². The molecule has 1 N–H and O–H groups in total. The van der Waals surface area contributed by atoms with E-state index in [1.165, 1.54) is 5.56 Å². The molecule has 3 rings (SSSR count). The second-order valence-electron chi connectivity index (χ2n) is 4.32. The van der Waals surface area contributed by atoms with Crippen LogP contribution in [0.1, 0.15) is 11.3 Å². The van der Waals surface area contributed by atoms with E-state index in [0.717, 1.165) is 22.3 Å². The van der Waals surface area contributed by atoms with Crippen LogP contribution in [0.25, 0.3) is 10.9 Å². The van der Waals surface area contributed by atoms with Crippen molar-refractivity contribution in [2.75, 3.05) is 0 Å². The fourth-order valence-corrected chi connectivity index (χ4v) is 1.96. The fraction of sp³-hybridized carbons (Fsp3) is 0.133. The average molecular weight is 238 g/mol. The smallest absolute Gasteiger partial charge is 0.133 e. The Balaban J connectivity index is 1.85. The minimum absolute atomic E-state index is 0.480. The van der Waals surface area contributed by atoms with Gasteiger partial charge in [0.05, 0.1) is 5.52 Å². The number of aromatic nitrogens is 2. The minimum atomic E-state index is 0.480. The molecule has 0 saturated carbocycles. The maximum Gasteiger partial charge on any atom is 0.133 e. The topological polar surface area (TPSA) is 37.9 Å². The molecular weight excluding hydrogens is 224 g/mol. The zero-order valence-corrected chi connectivity index (χ0v) is 10.2. The summed E-state index contributed by atoms with van der Waals surface area (Å²) in [5.74, 6) is 0.862. The zero-order chi connectivity index (χ0) is 12.4. The van der Waals surface area contributed by atoms with Gasteiger partial charge in [-0.05, 0) is 31.2 Å². The van der Waals surface area contributed by atoms with Crippen molar-refractivity contribution in [2.45, 2.75) is 13.5 Å². The molecular formula is C15H14N2O. The molecule has 18 heavy (non-hydrogen) atoms. The Morgan fingerprint density at radius 1 is 1.11 bits per heavy atom. The van der Waals surface area contributed by atoms with Gasteiger partial charge < -0.3 is 4.74 Å². The molecule has 0 amide bonds. The number of hydrogen-bond acceptors (Lipinski definition) is 2. The first-order valence-corrected chi connectivity index (χ1v) is 5.94. The number of fused-ring (bicyclic) bond motifs is 1. The van der Waals surface area contributed by atoms with Gasteiger partial charge in [0.1, 0.15) is 18.1 Å². The maximum atomic E-state index is 5.72. The third kappa shape index (κ3) is 2.07. The Kier molecular flexibility index (Phi) is 2.73. The monoisotopic (exact) mass is 238 g/mol. The van der Waals surface area contributed by atoms with Crippen molar-refractivity contribution >= 4 is 10.9 Å². The van der Waals surface area contributed by atoms with Crippen LogP contribution in [0.2, 0.25) is 0 Å². The molecule has 3 nitrogen and oxygen atoms in total. The molecule has 0 aliphatic heterocycles. The van der Waals surface area contributed by atoms with Crippen molar-refractivity contribution in [1.29, 1.82) is 0 Å². The lowest BCUT2D eigenvalue weighted by molar-refractivity contribution is 0.302. The van der Waals surface area contributed by atoms with Gasteiger partial charge in [0.2, 0.25) is 0 Å². The Bertz CT molecular complexity index is 659. The summed E-state index contributed by atoms with van der Waals surface area (Å²) in [6.07, 6.45) is 0. The number of benzene rings is 2. The van der Waals surface area contributed by atoms with E-state index in [1.54, 1.807) is 0 Å². The molecule has 2 aromatic carbocycles. The molecule has 1 heterocycles. The average Bonchev–Trinajstić information content (AvgIpc) is 2.80. The third-order valence-corrected chi connectivity index (χ3v) is 2.92. The summed E-state index contributed by atoms with van der Waals surface area (Å²) in [5.41, 5.74) is 3.22. The normalized spacial score (nSPS) is 10.7. The van der Waals surface area contributed by atoms with Crippen LogP contribution >= 0.6 is 0 Å². The molecule has 0 aliphatic rings. The van der Waals surface area contributed by atoms with Crippen LogP contribution in [0.5, 0.6) is 5.75 Å². The van der Waals surface area contributed by atoms with E-state index in [1.807, 2.05) is 36.4 Å². The van der Waals surface area contributed by atoms with Gasteiger partial charge in [-0.2, -0.15) is 5.10 Å². The van der Waals surface area contributed by atoms with E-state index in [9.17, 15) is 0 Å². The number of H-pyrrole nitrogens is 1. The molecule has 0 atom stereocenters. The highest BCUT2D eigenvalue weighted by Gasteiger charge is 2.06. The van der Waals surface area contributed by atoms with Gasteiger partial charge in [0.25, 0.3) is 0 Å². The van der Waals surface area contributed by atoms with Gasteiger partial charge in [-0.3, -0.25) is 5.10 Å². The standard InChI is InChI=1S/C15H14N2O/c1-11-7-8-14-13(9-11)15(17-16-14)10-18-12-5-3-2-4-6-12/h2-9H,10H2,1H3,(H,16,17). The van der Waals surface area contributed by atoms with E-state index in [-0.39, 0.29) is 0 Å². The molecule has 0 unspecified atom stereocenters. The van der Waals surface area contributed by atoms with Gasteiger partial charge in [-0.25, -0.2) is 0 Å². The SMILES string of the molecule is Cc1ccc2[nH]nc(COc3ccccc3)c2c1. The summed E-state index contributed by atoms with van der Waals surface area (Å²) in [5, 5.41) is 8.45. The van der Waals surface area contributed by atoms with Gasteiger partial charge in [0.15, 0.2) is 0 Å². The first kappa shape index (κ1) is 10.8. The number of hydrogen-bond donors (Lipinski definition) is 1. The van der Waals surface area contributed by atoms with E-state index in [4.69, 9.17) is 4.74 Å². The van der Waals surface area contributed by atoms with Crippen LogP contribution in [0, 0.1) is 6.92 Å². The highest BCUT2D eigenvalue weighted by Crippen LogP contribution is 2.19. The number of ether oxygens (including phenoxy) is 1. The quantitative estimate of drug-likeness (QED) is 0.759. The number of para-hydroxylation sites is 1. The number of nitrogens with zero attached hydrogens (tertiary/aromatic N) is 1. The predicted molar refractivity (Wildman–Crippen MR) is 71.6 cm³/mol. The summed E-state index contributed by atoms with van der Waals surface area (Å²) < 4.78 is 5.72. The maximum absolute atomic E-state index is 5.72. The Labute approximate surface area is 105 Å². The molecule has 0 saturated heterocycles. The Hall–Kier alpha value is -2.29. The lowest BCUT2D eigenvalue weighted by Gasteiger charge is -2.03. The van der Waals surface area contributed by atoms with Crippen molar-refractivity contribution in [1.82, 2.24) is 10.2 Å². The lowest BCUT2D eigenvalue weighted by Crippen LogP contribution is -1.96. The van der Waals surface area contributed by atoms with E-state index in [0.29, 0.717) is 6.61 Å². The van der Waals surface area contributed by atoms with Crippen molar-refractivity contribution < 1.29 is 4.74 Å². The molecule has 90 valence electrons. The van der Waals surface area contributed by atoms with Crippen LogP contribution in [0.4, 0.5) is 0 Å². The largest absolute Gasteiger partial charge is 0.487 e. The van der Waals surface area contributed by atoms with Crippen molar-refractivity contribution in [2.24, 2.45) is 0 Å². The molecule has 0 fully saturated rings. The summed E-state index contributed by atoms with van der Waals surface area (Å²) in [6, 6.07) is 16.0. The molecule has 3 heteroatoms. The Morgan fingerprint density at radius 3 is 2.78 bits per heavy atom. The van der Waals surface area contributed by atoms with E-state index in [2.05, 4.69) is 29.3 Å². The first-order chi connectivity index (χ1) is 8.83. The van der Waals surface area contributed by atoms with Crippen molar-refractivity contribution in [3.63, 3.8) is 0 Å². The van der Waals surface area contributed by atoms with E-state index >= 15 is 0 Å². The summed E-state index contributed by atoms with van der Waals surface area (Å²) in [4.78, 5) is 0. The van der Waals surface area contributed by atoms with E-state index < -0.39 is 0 Å². The van der Waals surface area contributed by atoms with Crippen LogP contribution in [-0.2, 0) is 6.61 Å². The van der Waals surface area contributed by atoms with Crippen LogP contribution in [0.3, 0.4) is 0 Å². The number of rotatable bonds is 3. The van der Waals surface area contributed by atoms with Crippen LogP contribution in [-0.4, -0.2) is 10.2 Å². The molecule has 0 spiro atoms. The molecule has 0 radical (unpaired) electrons. The second-order valence-corrected chi connectivity index (χ2v) is 4.32. The lowest BCUT2D eigenvalue weighted by atomic mass is 10.1. The minimum Gasteiger partial charge on any atom is -0.487 e. The number of aromatic amines is 1. The highest BCUT2D eigenvalue weighted by molar-refractivity contribution is 5.81. The summed E-state index contributed by atoms with van der Waals surface area (Å²) in [6.45, 7) is 2.56. The van der Waals surface area contributed by atoms with Crippen molar-refractivity contribution in [3.05, 3.63) is 59.8 Å². The zero-order valence-electron chi connectivity index (χ0n) is 10.2. The van der Waals surface area contributed by atoms with Crippen LogP contribution < -0.4 is 4.74 Å². The predicted octanol–water partition coefficient (Wildman–Crippen LogP) is 3.45. The Morgan fingerprint density at radius 2 is 1.94 bits per heavy atom. The first-order valence-electron chi connectivity index (χ1n) is 5.94. The molecule has 0 aliphatic carbocycles. The summed E-state index contributed by atoms with van der Waals surface area (Å²) in [7, 11) is 0. The molecule has 3 aromatic rings. The van der Waals surface area contributed by atoms with Crippen molar-refractivity contribution in [3.8, 4) is 5.75 Å². The van der Waals surface area contributed by atoms with Gasteiger partial charge >= 0.3 is 0 Å². The second kappa shape index (κ2) is 4.53. The fourth-order valence-electron chi connectivity index (χ4n) is 1.96.